The molecule has 1 saturated carbocycles. The fraction of sp³-hybridized carbons (Fsp3) is 0.333. The minimum atomic E-state index is -0.254. The number of nitrogens with one attached hydrogen (secondary N) is 1. The van der Waals surface area contributed by atoms with Gasteiger partial charge in [-0.15, -0.1) is 0 Å². The number of hydrogen-bond donors (Lipinski definition) is 1. The van der Waals surface area contributed by atoms with Gasteiger partial charge in [0.2, 0.25) is 11.8 Å². The lowest BCUT2D eigenvalue weighted by atomic mass is 10.1. The third kappa shape index (κ3) is 3.58. The second-order valence-electron chi connectivity index (χ2n) is 8.24. The Balaban J connectivity index is 1.15. The van der Waals surface area contributed by atoms with E-state index in [0.717, 1.165) is 28.5 Å². The molecule has 1 N–H and O–H groups in total. The number of hydrogen-bond acceptors (Lipinski definition) is 2. The van der Waals surface area contributed by atoms with Crippen LogP contribution in [0, 0.1) is 11.7 Å². The van der Waals surface area contributed by atoms with Crippen molar-refractivity contribution in [2.75, 3.05) is 26.2 Å². The molecule has 2 fully saturated rings. The largest absolute Gasteiger partial charge is 0.361 e. The van der Waals surface area contributed by atoms with Crippen molar-refractivity contribution in [2.24, 2.45) is 5.92 Å². The fourth-order valence-corrected chi connectivity index (χ4v) is 4.51. The molecule has 1 aliphatic carbocycles. The first-order valence-electron chi connectivity index (χ1n) is 10.5. The summed E-state index contributed by atoms with van der Waals surface area (Å²) in [6, 6.07) is 14.4. The highest BCUT2D eigenvalue weighted by Gasteiger charge is 2.46. The molecule has 30 heavy (non-hydrogen) atoms. The second kappa shape index (κ2) is 7.59. The van der Waals surface area contributed by atoms with Crippen LogP contribution in [0.15, 0.2) is 54.7 Å². The van der Waals surface area contributed by atoms with Gasteiger partial charge in [-0.2, -0.15) is 0 Å². The van der Waals surface area contributed by atoms with Gasteiger partial charge in [0.25, 0.3) is 0 Å². The van der Waals surface area contributed by atoms with Crippen molar-refractivity contribution >= 4 is 22.7 Å². The highest BCUT2D eigenvalue weighted by atomic mass is 19.1. The summed E-state index contributed by atoms with van der Waals surface area (Å²) in [6.45, 7) is 2.29. The number of aromatic amines is 1. The number of halogens is 1. The van der Waals surface area contributed by atoms with E-state index >= 15 is 0 Å². The summed E-state index contributed by atoms with van der Waals surface area (Å²) in [5.74, 6) is 0.190. The number of para-hydroxylation sites is 1. The topological polar surface area (TPSA) is 56.4 Å². The number of fused-ring (bicyclic) bond motifs is 1. The maximum absolute atomic E-state index is 13.1. The molecule has 2 atom stereocenters. The van der Waals surface area contributed by atoms with Crippen LogP contribution in [0.2, 0.25) is 0 Å². The van der Waals surface area contributed by atoms with Crippen molar-refractivity contribution in [1.82, 2.24) is 14.8 Å². The molecule has 0 bridgehead atoms. The van der Waals surface area contributed by atoms with Crippen LogP contribution in [0.4, 0.5) is 4.39 Å². The van der Waals surface area contributed by atoms with Crippen molar-refractivity contribution in [3.05, 3.63) is 71.7 Å². The first-order chi connectivity index (χ1) is 14.6. The lowest BCUT2D eigenvalue weighted by Crippen LogP contribution is -2.51. The Bertz CT molecular complexity index is 1080. The van der Waals surface area contributed by atoms with Crippen LogP contribution in [0.1, 0.15) is 23.5 Å². The van der Waals surface area contributed by atoms with Gasteiger partial charge in [0.1, 0.15) is 5.82 Å². The van der Waals surface area contributed by atoms with Crippen LogP contribution in [0.5, 0.6) is 0 Å². The average molecular weight is 405 g/mol. The third-order valence-electron chi connectivity index (χ3n) is 6.37. The molecule has 1 saturated heterocycles. The molecule has 2 aliphatic rings. The van der Waals surface area contributed by atoms with Crippen LogP contribution in [-0.4, -0.2) is 52.8 Å². The number of benzene rings is 2. The van der Waals surface area contributed by atoms with Crippen molar-refractivity contribution in [2.45, 2.75) is 18.8 Å². The average Bonchev–Trinajstić information content (AvgIpc) is 3.48. The Morgan fingerprint density at radius 3 is 2.43 bits per heavy atom. The lowest BCUT2D eigenvalue weighted by Gasteiger charge is -2.35. The minimum absolute atomic E-state index is 0.0102. The second-order valence-corrected chi connectivity index (χ2v) is 8.24. The molecule has 3 aromatic rings. The molecule has 2 aromatic carbocycles. The van der Waals surface area contributed by atoms with E-state index in [-0.39, 0.29) is 29.5 Å². The number of carbonyl (C=O) groups excluding carboxylic acids is 2. The number of amides is 2. The number of aromatic nitrogens is 1. The van der Waals surface area contributed by atoms with Gasteiger partial charge in [0, 0.05) is 49.2 Å². The molecule has 2 heterocycles. The van der Waals surface area contributed by atoms with Gasteiger partial charge in [-0.05, 0) is 41.7 Å². The molecule has 1 aliphatic heterocycles. The van der Waals surface area contributed by atoms with Gasteiger partial charge in [-0.3, -0.25) is 9.59 Å². The summed E-state index contributed by atoms with van der Waals surface area (Å²) in [5.41, 5.74) is 3.08. The smallest absolute Gasteiger partial charge is 0.227 e. The zero-order valence-electron chi connectivity index (χ0n) is 16.7. The highest BCUT2D eigenvalue weighted by Crippen LogP contribution is 2.48. The van der Waals surface area contributed by atoms with Gasteiger partial charge in [0.05, 0.1) is 6.42 Å². The lowest BCUT2D eigenvalue weighted by molar-refractivity contribution is -0.140. The van der Waals surface area contributed by atoms with E-state index in [9.17, 15) is 14.0 Å². The van der Waals surface area contributed by atoms with Gasteiger partial charge in [-0.1, -0.05) is 30.3 Å². The standard InChI is InChI=1S/C24H24FN3O2/c25-18-7-5-16(6-8-18)20-14-21(20)24(30)28-11-9-27(10-12-28)23(29)13-17-15-26-22-4-2-1-3-19(17)22/h1-8,15,20-21,26H,9-14H2. The number of carbonyl (C=O) groups is 2. The van der Waals surface area contributed by atoms with E-state index in [2.05, 4.69) is 4.98 Å². The van der Waals surface area contributed by atoms with Gasteiger partial charge in [0.15, 0.2) is 0 Å². The van der Waals surface area contributed by atoms with Crippen molar-refractivity contribution < 1.29 is 14.0 Å². The van der Waals surface area contributed by atoms with Crippen LogP contribution in [-0.2, 0) is 16.0 Å². The fourth-order valence-electron chi connectivity index (χ4n) is 4.51. The van der Waals surface area contributed by atoms with E-state index in [1.165, 1.54) is 12.1 Å². The Hall–Kier alpha value is -3.15. The minimum Gasteiger partial charge on any atom is -0.361 e. The summed E-state index contributed by atoms with van der Waals surface area (Å²) < 4.78 is 13.1. The van der Waals surface area contributed by atoms with Crippen LogP contribution in [0.25, 0.3) is 10.9 Å². The SMILES string of the molecule is O=C(Cc1c[nH]c2ccccc12)N1CCN(C(=O)C2CC2c2ccc(F)cc2)CC1. The molecule has 5 rings (SSSR count). The molecular formula is C24H24FN3O2. The zero-order chi connectivity index (χ0) is 20.7. The van der Waals surface area contributed by atoms with Crippen LogP contribution < -0.4 is 0 Å². The van der Waals surface area contributed by atoms with E-state index in [4.69, 9.17) is 0 Å². The summed E-state index contributed by atoms with van der Waals surface area (Å²) >= 11 is 0. The molecule has 1 aromatic heterocycles. The highest BCUT2D eigenvalue weighted by molar-refractivity contribution is 5.89. The van der Waals surface area contributed by atoms with Crippen LogP contribution in [0.3, 0.4) is 0 Å². The van der Waals surface area contributed by atoms with Gasteiger partial charge >= 0.3 is 0 Å². The molecule has 6 heteroatoms. The van der Waals surface area contributed by atoms with Crippen molar-refractivity contribution in [1.29, 1.82) is 0 Å². The monoisotopic (exact) mass is 405 g/mol. The predicted molar refractivity (Wildman–Crippen MR) is 112 cm³/mol. The number of rotatable bonds is 4. The summed E-state index contributed by atoms with van der Waals surface area (Å²) in [7, 11) is 0. The van der Waals surface area contributed by atoms with Crippen molar-refractivity contribution in [3.63, 3.8) is 0 Å². The Morgan fingerprint density at radius 1 is 0.967 bits per heavy atom. The first-order valence-corrected chi connectivity index (χ1v) is 10.5. The number of piperazine rings is 1. The molecule has 154 valence electrons. The Labute approximate surface area is 174 Å². The summed E-state index contributed by atoms with van der Waals surface area (Å²) in [5, 5.41) is 1.08. The van der Waals surface area contributed by atoms with Gasteiger partial charge in [-0.25, -0.2) is 4.39 Å². The molecule has 2 unspecified atom stereocenters. The first kappa shape index (κ1) is 18.9. The molecule has 0 spiro atoms. The summed E-state index contributed by atoms with van der Waals surface area (Å²) in [6.07, 6.45) is 3.10. The van der Waals surface area contributed by atoms with Crippen LogP contribution >= 0.6 is 0 Å². The Kier molecular flexibility index (Phi) is 4.77. The molecule has 0 radical (unpaired) electrons. The molecule has 5 nitrogen and oxygen atoms in total. The van der Waals surface area contributed by atoms with E-state index in [0.29, 0.717) is 32.6 Å². The number of H-pyrrole nitrogens is 1. The van der Waals surface area contributed by atoms with E-state index < -0.39 is 0 Å². The summed E-state index contributed by atoms with van der Waals surface area (Å²) in [4.78, 5) is 32.6. The normalized spacial score (nSPS) is 21.1. The maximum atomic E-state index is 13.1. The van der Waals surface area contributed by atoms with Crippen molar-refractivity contribution in [3.8, 4) is 0 Å². The van der Waals surface area contributed by atoms with E-state index in [1.54, 1.807) is 12.1 Å². The Morgan fingerprint density at radius 2 is 1.67 bits per heavy atom. The van der Waals surface area contributed by atoms with Gasteiger partial charge < -0.3 is 14.8 Å². The van der Waals surface area contributed by atoms with E-state index in [1.807, 2.05) is 40.3 Å². The zero-order valence-corrected chi connectivity index (χ0v) is 16.7. The number of nitrogens with zero attached hydrogens (tertiary/aromatic N) is 2. The third-order valence-corrected chi connectivity index (χ3v) is 6.37. The molecule has 2 amide bonds. The maximum Gasteiger partial charge on any atom is 0.227 e. The predicted octanol–water partition coefficient (Wildman–Crippen LogP) is 3.32. The molecular weight excluding hydrogens is 381 g/mol. The quantitative estimate of drug-likeness (QED) is 0.724.